The number of hydrogen-bond donors (Lipinski definition) is 1. The minimum absolute atomic E-state index is 0.156. The van der Waals surface area contributed by atoms with Crippen molar-refractivity contribution in [2.24, 2.45) is 0 Å². The molecule has 2 heterocycles. The van der Waals surface area contributed by atoms with Crippen LogP contribution in [0.2, 0.25) is 0 Å². The van der Waals surface area contributed by atoms with Gasteiger partial charge >= 0.3 is 0 Å². The number of nitrogens with one attached hydrogen (secondary N) is 1. The van der Waals surface area contributed by atoms with Crippen LogP contribution in [0.4, 0.5) is 0 Å². The lowest BCUT2D eigenvalue weighted by Gasteiger charge is -2.31. The number of aromatic nitrogens is 3. The fraction of sp³-hybridized carbons (Fsp3) is 0.471. The Balaban J connectivity index is 1.55. The fourth-order valence-corrected chi connectivity index (χ4v) is 2.93. The number of nitriles is 1. The lowest BCUT2D eigenvalue weighted by atomic mass is 9.83. The fourth-order valence-electron chi connectivity index (χ4n) is 2.93. The van der Waals surface area contributed by atoms with E-state index in [4.69, 9.17) is 4.52 Å². The first-order valence-corrected chi connectivity index (χ1v) is 8.17. The highest BCUT2D eigenvalue weighted by Crippen LogP contribution is 2.27. The second-order valence-electron chi connectivity index (χ2n) is 6.03. The monoisotopic (exact) mass is 325 g/mol. The SMILES string of the molecule is N#CC1(NC(=O)CCc2nc(-c3ccccn3)no2)CCCCC1. The van der Waals surface area contributed by atoms with Crippen molar-refractivity contribution >= 4 is 5.91 Å². The Hall–Kier alpha value is -2.75. The van der Waals surface area contributed by atoms with Crippen molar-refractivity contribution in [2.75, 3.05) is 0 Å². The minimum Gasteiger partial charge on any atom is -0.339 e. The molecule has 1 aliphatic rings. The van der Waals surface area contributed by atoms with E-state index in [1.165, 1.54) is 0 Å². The summed E-state index contributed by atoms with van der Waals surface area (Å²) in [7, 11) is 0. The van der Waals surface area contributed by atoms with Gasteiger partial charge in [-0.05, 0) is 25.0 Å². The number of carbonyl (C=O) groups excluding carboxylic acids is 1. The molecule has 1 N–H and O–H groups in total. The van der Waals surface area contributed by atoms with E-state index >= 15 is 0 Å². The van der Waals surface area contributed by atoms with Crippen molar-refractivity contribution in [3.63, 3.8) is 0 Å². The van der Waals surface area contributed by atoms with Crippen LogP contribution in [0.1, 0.15) is 44.4 Å². The Labute approximate surface area is 140 Å². The molecule has 0 saturated heterocycles. The Morgan fingerprint density at radius 2 is 2.17 bits per heavy atom. The molecular formula is C17H19N5O2. The summed E-state index contributed by atoms with van der Waals surface area (Å²) in [5.74, 6) is 0.642. The van der Waals surface area contributed by atoms with Crippen molar-refractivity contribution in [1.29, 1.82) is 5.26 Å². The third-order valence-electron chi connectivity index (χ3n) is 4.23. The molecule has 7 heteroatoms. The summed E-state index contributed by atoms with van der Waals surface area (Å²) in [5, 5.41) is 16.2. The quantitative estimate of drug-likeness (QED) is 0.905. The van der Waals surface area contributed by atoms with Crippen LogP contribution in [0.25, 0.3) is 11.5 Å². The zero-order chi connectivity index (χ0) is 16.8. The van der Waals surface area contributed by atoms with Gasteiger partial charge in [-0.1, -0.05) is 30.5 Å². The molecule has 1 fully saturated rings. The number of aryl methyl sites for hydroxylation is 1. The van der Waals surface area contributed by atoms with Gasteiger partial charge in [-0.3, -0.25) is 9.78 Å². The second-order valence-corrected chi connectivity index (χ2v) is 6.03. The number of pyridine rings is 1. The summed E-state index contributed by atoms with van der Waals surface area (Å²) in [6.07, 6.45) is 6.73. The Morgan fingerprint density at radius 1 is 1.33 bits per heavy atom. The molecule has 0 bridgehead atoms. The molecule has 0 radical (unpaired) electrons. The predicted octanol–water partition coefficient (Wildman–Crippen LogP) is 2.41. The Kier molecular flexibility index (Phi) is 4.85. The van der Waals surface area contributed by atoms with Gasteiger partial charge in [0.15, 0.2) is 0 Å². The number of carbonyl (C=O) groups is 1. The Morgan fingerprint density at radius 3 is 2.88 bits per heavy atom. The molecule has 0 atom stereocenters. The average Bonchev–Trinajstić information content (AvgIpc) is 3.11. The summed E-state index contributed by atoms with van der Waals surface area (Å²) in [6.45, 7) is 0. The van der Waals surface area contributed by atoms with Gasteiger partial charge in [-0.25, -0.2) is 0 Å². The number of hydrogen-bond acceptors (Lipinski definition) is 6. The highest BCUT2D eigenvalue weighted by molar-refractivity contribution is 5.77. The summed E-state index contributed by atoms with van der Waals surface area (Å²) in [4.78, 5) is 20.6. The zero-order valence-electron chi connectivity index (χ0n) is 13.4. The van der Waals surface area contributed by atoms with Crippen LogP contribution < -0.4 is 5.32 Å². The van der Waals surface area contributed by atoms with Crippen molar-refractivity contribution < 1.29 is 9.32 Å². The van der Waals surface area contributed by atoms with Crippen LogP contribution >= 0.6 is 0 Å². The van der Waals surface area contributed by atoms with Gasteiger partial charge in [-0.2, -0.15) is 10.2 Å². The maximum Gasteiger partial charge on any atom is 0.227 e. The molecule has 24 heavy (non-hydrogen) atoms. The molecule has 3 rings (SSSR count). The maximum absolute atomic E-state index is 12.2. The van der Waals surface area contributed by atoms with E-state index in [9.17, 15) is 10.1 Å². The van der Waals surface area contributed by atoms with E-state index in [-0.39, 0.29) is 12.3 Å². The number of nitrogens with zero attached hydrogens (tertiary/aromatic N) is 4. The molecule has 0 aliphatic heterocycles. The van der Waals surface area contributed by atoms with E-state index in [1.807, 2.05) is 12.1 Å². The summed E-state index contributed by atoms with van der Waals surface area (Å²) in [6, 6.07) is 7.73. The predicted molar refractivity (Wildman–Crippen MR) is 85.4 cm³/mol. The minimum atomic E-state index is -0.705. The van der Waals surface area contributed by atoms with Crippen LogP contribution in [0.15, 0.2) is 28.9 Å². The third-order valence-corrected chi connectivity index (χ3v) is 4.23. The van der Waals surface area contributed by atoms with Crippen molar-refractivity contribution in [1.82, 2.24) is 20.4 Å². The molecule has 7 nitrogen and oxygen atoms in total. The van der Waals surface area contributed by atoms with Crippen LogP contribution in [-0.2, 0) is 11.2 Å². The topological polar surface area (TPSA) is 105 Å². The largest absolute Gasteiger partial charge is 0.339 e. The summed E-state index contributed by atoms with van der Waals surface area (Å²) in [5.41, 5.74) is -0.0777. The second kappa shape index (κ2) is 7.21. The van der Waals surface area contributed by atoms with Crippen LogP contribution in [-0.4, -0.2) is 26.6 Å². The molecule has 1 amide bonds. The van der Waals surface area contributed by atoms with Crippen molar-refractivity contribution in [2.45, 2.75) is 50.5 Å². The average molecular weight is 325 g/mol. The zero-order valence-corrected chi connectivity index (χ0v) is 13.4. The van der Waals surface area contributed by atoms with Gasteiger partial charge in [0.25, 0.3) is 0 Å². The van der Waals surface area contributed by atoms with E-state index in [1.54, 1.807) is 12.3 Å². The van der Waals surface area contributed by atoms with E-state index in [0.717, 1.165) is 32.1 Å². The highest BCUT2D eigenvalue weighted by Gasteiger charge is 2.33. The van der Waals surface area contributed by atoms with Crippen LogP contribution in [0.5, 0.6) is 0 Å². The first-order valence-electron chi connectivity index (χ1n) is 8.17. The summed E-state index contributed by atoms with van der Waals surface area (Å²) >= 11 is 0. The Bertz CT molecular complexity index is 729. The first-order chi connectivity index (χ1) is 11.7. The van der Waals surface area contributed by atoms with Crippen LogP contribution in [0, 0.1) is 11.3 Å². The van der Waals surface area contributed by atoms with Crippen molar-refractivity contribution in [3.05, 3.63) is 30.3 Å². The smallest absolute Gasteiger partial charge is 0.227 e. The number of rotatable bonds is 5. The van der Waals surface area contributed by atoms with E-state index in [2.05, 4.69) is 26.5 Å². The molecule has 0 spiro atoms. The number of amides is 1. The van der Waals surface area contributed by atoms with E-state index < -0.39 is 5.54 Å². The van der Waals surface area contributed by atoms with Gasteiger partial charge in [0.2, 0.25) is 17.6 Å². The molecule has 2 aromatic heterocycles. The van der Waals surface area contributed by atoms with Gasteiger partial charge in [0.1, 0.15) is 11.2 Å². The van der Waals surface area contributed by atoms with Gasteiger partial charge in [0.05, 0.1) is 6.07 Å². The van der Waals surface area contributed by atoms with Crippen LogP contribution in [0.3, 0.4) is 0 Å². The van der Waals surface area contributed by atoms with E-state index in [0.29, 0.717) is 23.8 Å². The van der Waals surface area contributed by atoms with Gasteiger partial charge in [-0.15, -0.1) is 0 Å². The van der Waals surface area contributed by atoms with Crippen molar-refractivity contribution in [3.8, 4) is 17.6 Å². The highest BCUT2D eigenvalue weighted by atomic mass is 16.5. The normalized spacial score (nSPS) is 16.3. The molecule has 0 unspecified atom stereocenters. The maximum atomic E-state index is 12.2. The van der Waals surface area contributed by atoms with Gasteiger partial charge < -0.3 is 9.84 Å². The third kappa shape index (κ3) is 3.77. The standard InChI is InChI=1S/C17H19N5O2/c18-12-17(9-3-1-4-10-17)21-14(23)7-8-15-20-16(22-24-15)13-6-2-5-11-19-13/h2,5-6,11H,1,3-4,7-10H2,(H,21,23). The molecule has 1 saturated carbocycles. The molecule has 2 aromatic rings. The summed E-state index contributed by atoms with van der Waals surface area (Å²) < 4.78 is 5.16. The molecule has 0 aromatic carbocycles. The van der Waals surface area contributed by atoms with Gasteiger partial charge in [0, 0.05) is 19.0 Å². The lowest BCUT2D eigenvalue weighted by molar-refractivity contribution is -0.122. The molecular weight excluding hydrogens is 306 g/mol. The molecule has 1 aliphatic carbocycles. The lowest BCUT2D eigenvalue weighted by Crippen LogP contribution is -2.48. The first kappa shape index (κ1) is 16.1. The molecule has 124 valence electrons.